The highest BCUT2D eigenvalue weighted by molar-refractivity contribution is 6.31. The number of fused-ring (bicyclic) bond motifs is 1. The first kappa shape index (κ1) is 17.4. The number of nitrogens with zero attached hydrogens (tertiary/aromatic N) is 2. The number of para-hydroxylation sites is 1. The van der Waals surface area contributed by atoms with E-state index in [1.807, 2.05) is 24.3 Å². The van der Waals surface area contributed by atoms with Crippen LogP contribution in [0.4, 0.5) is 21.8 Å². The van der Waals surface area contributed by atoms with Gasteiger partial charge in [-0.1, -0.05) is 23.7 Å². The maximum absolute atomic E-state index is 13.3. The minimum Gasteiger partial charge on any atom is -0.385 e. The molecule has 0 amide bonds. The third kappa shape index (κ3) is 4.35. The van der Waals surface area contributed by atoms with Crippen LogP contribution < -0.4 is 10.6 Å². The lowest BCUT2D eigenvalue weighted by Crippen LogP contribution is -2.08. The Bertz CT molecular complexity index is 875. The van der Waals surface area contributed by atoms with Gasteiger partial charge in [-0.25, -0.2) is 9.37 Å². The highest BCUT2D eigenvalue weighted by Gasteiger charge is 2.08. The first-order valence-electron chi connectivity index (χ1n) is 7.89. The average molecular weight is 361 g/mol. The van der Waals surface area contributed by atoms with Crippen LogP contribution in [0.1, 0.15) is 6.42 Å². The Morgan fingerprint density at radius 1 is 1.16 bits per heavy atom. The van der Waals surface area contributed by atoms with E-state index in [1.165, 1.54) is 12.1 Å². The molecular weight excluding hydrogens is 343 g/mol. The fraction of sp³-hybridized carbons (Fsp3) is 0.222. The SMILES string of the molecule is COCCCNc1nc(Nc2ccc(F)c(Cl)c2)nc2ccccc12. The number of benzene rings is 2. The van der Waals surface area contributed by atoms with Gasteiger partial charge in [0.15, 0.2) is 0 Å². The van der Waals surface area contributed by atoms with Gasteiger partial charge in [-0.05, 0) is 36.8 Å². The van der Waals surface area contributed by atoms with E-state index >= 15 is 0 Å². The zero-order valence-electron chi connectivity index (χ0n) is 13.7. The molecule has 0 fully saturated rings. The van der Waals surface area contributed by atoms with Gasteiger partial charge in [0.2, 0.25) is 5.95 Å². The molecule has 0 saturated carbocycles. The smallest absolute Gasteiger partial charge is 0.229 e. The molecule has 3 rings (SSSR count). The Hall–Kier alpha value is -2.44. The molecule has 0 aliphatic rings. The fourth-order valence-electron chi connectivity index (χ4n) is 2.39. The molecule has 7 heteroatoms. The van der Waals surface area contributed by atoms with Crippen molar-refractivity contribution in [3.63, 3.8) is 0 Å². The molecule has 0 aliphatic carbocycles. The van der Waals surface area contributed by atoms with Crippen LogP contribution in [-0.2, 0) is 4.74 Å². The molecule has 1 aromatic heterocycles. The quantitative estimate of drug-likeness (QED) is 0.602. The summed E-state index contributed by atoms with van der Waals surface area (Å²) >= 11 is 5.82. The second-order valence-electron chi connectivity index (χ2n) is 5.44. The summed E-state index contributed by atoms with van der Waals surface area (Å²) in [6, 6.07) is 12.1. The van der Waals surface area contributed by atoms with E-state index in [2.05, 4.69) is 20.6 Å². The summed E-state index contributed by atoms with van der Waals surface area (Å²) in [5, 5.41) is 7.36. The van der Waals surface area contributed by atoms with Crippen molar-refractivity contribution in [1.29, 1.82) is 0 Å². The maximum atomic E-state index is 13.3. The third-order valence-electron chi connectivity index (χ3n) is 3.60. The number of nitrogens with one attached hydrogen (secondary N) is 2. The van der Waals surface area contributed by atoms with Crippen molar-refractivity contribution in [3.05, 3.63) is 53.3 Å². The van der Waals surface area contributed by atoms with E-state index < -0.39 is 5.82 Å². The van der Waals surface area contributed by atoms with Crippen LogP contribution in [0.5, 0.6) is 0 Å². The van der Waals surface area contributed by atoms with Crippen LogP contribution in [0.2, 0.25) is 5.02 Å². The zero-order valence-corrected chi connectivity index (χ0v) is 14.5. The van der Waals surface area contributed by atoms with Gasteiger partial charge in [0.05, 0.1) is 10.5 Å². The Morgan fingerprint density at radius 3 is 2.80 bits per heavy atom. The molecule has 0 radical (unpaired) electrons. The Kier molecular flexibility index (Phi) is 5.63. The van der Waals surface area contributed by atoms with E-state index in [4.69, 9.17) is 16.3 Å². The lowest BCUT2D eigenvalue weighted by molar-refractivity contribution is 0.198. The van der Waals surface area contributed by atoms with Gasteiger partial charge in [-0.3, -0.25) is 0 Å². The molecule has 0 unspecified atom stereocenters. The summed E-state index contributed by atoms with van der Waals surface area (Å²) in [4.78, 5) is 9.04. The first-order chi connectivity index (χ1) is 12.2. The van der Waals surface area contributed by atoms with Gasteiger partial charge in [0.25, 0.3) is 0 Å². The Morgan fingerprint density at radius 2 is 2.00 bits per heavy atom. The van der Waals surface area contributed by atoms with E-state index in [9.17, 15) is 4.39 Å². The van der Waals surface area contributed by atoms with Crippen molar-refractivity contribution >= 4 is 40.0 Å². The van der Waals surface area contributed by atoms with Gasteiger partial charge in [-0.2, -0.15) is 4.98 Å². The van der Waals surface area contributed by atoms with Crippen LogP contribution in [0, 0.1) is 5.82 Å². The topological polar surface area (TPSA) is 59.1 Å². The lowest BCUT2D eigenvalue weighted by Gasteiger charge is -2.12. The number of ether oxygens (including phenoxy) is 1. The number of rotatable bonds is 7. The number of aromatic nitrogens is 2. The molecule has 0 spiro atoms. The van der Waals surface area contributed by atoms with Crippen LogP contribution in [0.3, 0.4) is 0 Å². The summed E-state index contributed by atoms with van der Waals surface area (Å²) < 4.78 is 18.4. The molecule has 0 aliphatic heterocycles. The Balaban J connectivity index is 1.88. The molecule has 130 valence electrons. The van der Waals surface area contributed by atoms with Gasteiger partial charge in [0.1, 0.15) is 11.6 Å². The highest BCUT2D eigenvalue weighted by Crippen LogP contribution is 2.25. The van der Waals surface area contributed by atoms with Crippen LogP contribution in [-0.4, -0.2) is 30.2 Å². The predicted molar refractivity (Wildman–Crippen MR) is 99.2 cm³/mol. The second kappa shape index (κ2) is 8.09. The molecule has 3 aromatic rings. The summed E-state index contributed by atoms with van der Waals surface area (Å²) in [5.41, 5.74) is 1.43. The van der Waals surface area contributed by atoms with Crippen molar-refractivity contribution in [2.75, 3.05) is 30.9 Å². The normalized spacial score (nSPS) is 10.8. The van der Waals surface area contributed by atoms with E-state index in [1.54, 1.807) is 13.2 Å². The number of halogens is 2. The summed E-state index contributed by atoms with van der Waals surface area (Å²) in [5.74, 6) is 0.681. The van der Waals surface area contributed by atoms with Crippen molar-refractivity contribution in [2.45, 2.75) is 6.42 Å². The van der Waals surface area contributed by atoms with Crippen molar-refractivity contribution in [3.8, 4) is 0 Å². The summed E-state index contributed by atoms with van der Waals surface area (Å²) in [6.07, 6.45) is 0.866. The average Bonchev–Trinajstić information content (AvgIpc) is 2.62. The molecule has 5 nitrogen and oxygen atoms in total. The molecule has 2 aromatic carbocycles. The fourth-order valence-corrected chi connectivity index (χ4v) is 2.57. The first-order valence-corrected chi connectivity index (χ1v) is 8.27. The third-order valence-corrected chi connectivity index (χ3v) is 3.89. The minimum absolute atomic E-state index is 0.0451. The Labute approximate surface area is 150 Å². The number of hydrogen-bond acceptors (Lipinski definition) is 5. The number of hydrogen-bond donors (Lipinski definition) is 2. The van der Waals surface area contributed by atoms with Gasteiger partial charge < -0.3 is 15.4 Å². The van der Waals surface area contributed by atoms with Gasteiger partial charge in [-0.15, -0.1) is 0 Å². The van der Waals surface area contributed by atoms with Crippen LogP contribution in [0.25, 0.3) is 10.9 Å². The van der Waals surface area contributed by atoms with Crippen LogP contribution in [0.15, 0.2) is 42.5 Å². The molecule has 2 N–H and O–H groups in total. The highest BCUT2D eigenvalue weighted by atomic mass is 35.5. The number of methoxy groups -OCH3 is 1. The predicted octanol–water partition coefficient (Wildman–Crippen LogP) is 4.61. The second-order valence-corrected chi connectivity index (χ2v) is 5.85. The molecular formula is C18H18ClFN4O. The maximum Gasteiger partial charge on any atom is 0.229 e. The standard InChI is InChI=1S/C18H18ClFN4O/c1-25-10-4-9-21-17-13-5-2-3-6-16(13)23-18(24-17)22-12-7-8-15(20)14(19)11-12/h2-3,5-8,11H,4,9-10H2,1H3,(H2,21,22,23,24). The lowest BCUT2D eigenvalue weighted by atomic mass is 10.2. The summed E-state index contributed by atoms with van der Waals surface area (Å²) in [6.45, 7) is 1.41. The van der Waals surface area contributed by atoms with E-state index in [0.29, 0.717) is 18.2 Å². The molecule has 0 atom stereocenters. The largest absolute Gasteiger partial charge is 0.385 e. The molecule has 1 heterocycles. The van der Waals surface area contributed by atoms with Crippen molar-refractivity contribution in [1.82, 2.24) is 9.97 Å². The van der Waals surface area contributed by atoms with Crippen molar-refractivity contribution < 1.29 is 9.13 Å². The zero-order chi connectivity index (χ0) is 17.6. The molecule has 0 bridgehead atoms. The van der Waals surface area contributed by atoms with Crippen molar-refractivity contribution in [2.24, 2.45) is 0 Å². The molecule has 0 saturated heterocycles. The van der Waals surface area contributed by atoms with E-state index in [0.717, 1.165) is 29.7 Å². The van der Waals surface area contributed by atoms with Gasteiger partial charge in [0, 0.05) is 31.3 Å². The monoisotopic (exact) mass is 360 g/mol. The minimum atomic E-state index is -0.466. The molecule has 25 heavy (non-hydrogen) atoms. The van der Waals surface area contributed by atoms with E-state index in [-0.39, 0.29) is 5.02 Å². The summed E-state index contributed by atoms with van der Waals surface area (Å²) in [7, 11) is 1.68. The number of anilines is 3. The van der Waals surface area contributed by atoms with Crippen LogP contribution >= 0.6 is 11.6 Å². The van der Waals surface area contributed by atoms with Gasteiger partial charge >= 0.3 is 0 Å².